The second kappa shape index (κ2) is 6.40. The fourth-order valence-corrected chi connectivity index (χ4v) is 1.26. The number of hydrogen-bond acceptors (Lipinski definition) is 4. The number of carboxylic acids is 1. The molecule has 94 valence electrons. The molecular weight excluding hydrogens is 234 g/mol. The second-order valence-electron chi connectivity index (χ2n) is 3.50. The van der Waals surface area contributed by atoms with Gasteiger partial charge < -0.3 is 9.84 Å². The Morgan fingerprint density at radius 3 is 2.83 bits per heavy atom. The van der Waals surface area contributed by atoms with Gasteiger partial charge in [-0.1, -0.05) is 11.8 Å². The van der Waals surface area contributed by atoms with Crippen LogP contribution in [0.5, 0.6) is 0 Å². The molecule has 1 N–H and O–H groups in total. The summed E-state index contributed by atoms with van der Waals surface area (Å²) in [5.41, 5.74) is 0.990. The lowest BCUT2D eigenvalue weighted by Gasteiger charge is -1.99. The first-order valence-electron chi connectivity index (χ1n) is 5.39. The van der Waals surface area contributed by atoms with Crippen LogP contribution in [0.4, 0.5) is 0 Å². The van der Waals surface area contributed by atoms with E-state index in [1.807, 2.05) is 0 Å². The molecule has 0 aliphatic rings. The molecule has 1 rings (SSSR count). The quantitative estimate of drug-likeness (QED) is 0.645. The van der Waals surface area contributed by atoms with E-state index in [9.17, 15) is 9.59 Å². The van der Waals surface area contributed by atoms with Crippen LogP contribution >= 0.6 is 0 Å². The van der Waals surface area contributed by atoms with Gasteiger partial charge in [0.25, 0.3) is 0 Å². The summed E-state index contributed by atoms with van der Waals surface area (Å²) in [6.07, 6.45) is 1.39. The third kappa shape index (κ3) is 3.91. The normalized spacial score (nSPS) is 9.22. The van der Waals surface area contributed by atoms with E-state index in [1.165, 1.54) is 6.20 Å². The topological polar surface area (TPSA) is 76.5 Å². The van der Waals surface area contributed by atoms with E-state index in [2.05, 4.69) is 16.8 Å². The monoisotopic (exact) mass is 247 g/mol. The van der Waals surface area contributed by atoms with Gasteiger partial charge in [-0.3, -0.25) is 4.79 Å². The van der Waals surface area contributed by atoms with Crippen molar-refractivity contribution in [3.63, 3.8) is 0 Å². The number of pyridine rings is 1. The molecule has 0 aromatic carbocycles. The molecule has 0 radical (unpaired) electrons. The zero-order chi connectivity index (χ0) is 13.5. The van der Waals surface area contributed by atoms with Crippen molar-refractivity contribution in [2.24, 2.45) is 0 Å². The lowest BCUT2D eigenvalue weighted by molar-refractivity contribution is -0.141. The molecular formula is C13H13NO4. The summed E-state index contributed by atoms with van der Waals surface area (Å²) in [6.45, 7) is 3.79. The van der Waals surface area contributed by atoms with E-state index in [1.54, 1.807) is 19.9 Å². The van der Waals surface area contributed by atoms with E-state index in [0.717, 1.165) is 5.56 Å². The van der Waals surface area contributed by atoms with Crippen LogP contribution in [0.3, 0.4) is 0 Å². The number of carboxylic acid groups (broad SMARTS) is 1. The van der Waals surface area contributed by atoms with Gasteiger partial charge in [-0.15, -0.1) is 0 Å². The number of esters is 1. The van der Waals surface area contributed by atoms with Gasteiger partial charge in [0.1, 0.15) is 6.42 Å². The molecule has 0 spiro atoms. The number of aromatic carboxylic acids is 1. The first-order valence-corrected chi connectivity index (χ1v) is 5.39. The number of aromatic nitrogens is 1. The molecule has 0 bridgehead atoms. The summed E-state index contributed by atoms with van der Waals surface area (Å²) in [6, 6.07) is 1.62. The van der Waals surface area contributed by atoms with Crippen LogP contribution in [0.25, 0.3) is 0 Å². The van der Waals surface area contributed by atoms with Gasteiger partial charge in [-0.2, -0.15) is 0 Å². The molecule has 1 heterocycles. The number of hydrogen-bond donors (Lipinski definition) is 1. The number of aryl methyl sites for hydroxylation is 1. The van der Waals surface area contributed by atoms with E-state index in [-0.39, 0.29) is 12.1 Å². The van der Waals surface area contributed by atoms with Crippen molar-refractivity contribution in [1.29, 1.82) is 0 Å². The van der Waals surface area contributed by atoms with Crippen LogP contribution in [0, 0.1) is 18.8 Å². The van der Waals surface area contributed by atoms with Gasteiger partial charge >= 0.3 is 11.9 Å². The van der Waals surface area contributed by atoms with Gasteiger partial charge in [-0.05, 0) is 25.5 Å². The smallest absolute Gasteiger partial charge is 0.355 e. The predicted molar refractivity (Wildman–Crippen MR) is 64.1 cm³/mol. The van der Waals surface area contributed by atoms with Crippen LogP contribution in [0.15, 0.2) is 12.3 Å². The van der Waals surface area contributed by atoms with E-state index in [4.69, 9.17) is 9.84 Å². The highest BCUT2D eigenvalue weighted by atomic mass is 16.5. The molecule has 1 aromatic rings. The lowest BCUT2D eigenvalue weighted by Crippen LogP contribution is -2.04. The van der Waals surface area contributed by atoms with Crippen LogP contribution in [-0.4, -0.2) is 28.6 Å². The molecule has 0 aliphatic heterocycles. The van der Waals surface area contributed by atoms with Crippen LogP contribution < -0.4 is 0 Å². The van der Waals surface area contributed by atoms with Crippen LogP contribution in [0.2, 0.25) is 0 Å². The summed E-state index contributed by atoms with van der Waals surface area (Å²) in [7, 11) is 0. The number of carbonyl (C=O) groups excluding carboxylic acids is 1. The molecule has 5 nitrogen and oxygen atoms in total. The second-order valence-corrected chi connectivity index (χ2v) is 3.50. The lowest BCUT2D eigenvalue weighted by atomic mass is 10.1. The van der Waals surface area contributed by atoms with Crippen molar-refractivity contribution in [3.8, 4) is 11.8 Å². The fourth-order valence-electron chi connectivity index (χ4n) is 1.26. The number of nitrogens with zero attached hydrogens (tertiary/aromatic N) is 1. The zero-order valence-corrected chi connectivity index (χ0v) is 10.2. The molecule has 0 aliphatic carbocycles. The van der Waals surface area contributed by atoms with Crippen LogP contribution in [0.1, 0.15) is 35.0 Å². The summed E-state index contributed by atoms with van der Waals surface area (Å²) in [4.78, 5) is 25.8. The first kappa shape index (κ1) is 13.7. The minimum absolute atomic E-state index is 0.0686. The maximum absolute atomic E-state index is 11.1. The Morgan fingerprint density at radius 2 is 2.22 bits per heavy atom. The summed E-state index contributed by atoms with van der Waals surface area (Å²) in [5.74, 6) is 3.64. The van der Waals surface area contributed by atoms with Gasteiger partial charge in [0.05, 0.1) is 12.2 Å². The van der Waals surface area contributed by atoms with Gasteiger partial charge in [0, 0.05) is 6.20 Å². The predicted octanol–water partition coefficient (Wildman–Crippen LogP) is 1.39. The standard InChI is InChI=1S/C13H13NO4/c1-3-18-11(15)6-4-5-10-7-9(2)8-14-12(10)13(16)17/h7-8H,3,6H2,1-2H3,(H,16,17). The third-order valence-electron chi connectivity index (χ3n) is 1.99. The molecule has 0 amide bonds. The van der Waals surface area contributed by atoms with Gasteiger partial charge in [0.15, 0.2) is 5.69 Å². The van der Waals surface area contributed by atoms with Crippen molar-refractivity contribution < 1.29 is 19.4 Å². The Kier molecular flexibility index (Phi) is 4.88. The zero-order valence-electron chi connectivity index (χ0n) is 10.2. The first-order chi connectivity index (χ1) is 8.54. The highest BCUT2D eigenvalue weighted by Crippen LogP contribution is 2.07. The summed E-state index contributed by atoms with van der Waals surface area (Å²) in [5, 5.41) is 8.93. The number of carbonyl (C=O) groups is 2. The highest BCUT2D eigenvalue weighted by molar-refractivity contribution is 5.88. The van der Waals surface area contributed by atoms with E-state index < -0.39 is 11.9 Å². The summed E-state index contributed by atoms with van der Waals surface area (Å²) >= 11 is 0. The SMILES string of the molecule is CCOC(=O)CC#Cc1cc(C)cnc1C(=O)O. The van der Waals surface area contributed by atoms with Crippen molar-refractivity contribution in [2.45, 2.75) is 20.3 Å². The Bertz CT molecular complexity index is 526. The molecule has 18 heavy (non-hydrogen) atoms. The average Bonchev–Trinajstić information content (AvgIpc) is 2.29. The minimum Gasteiger partial charge on any atom is -0.476 e. The van der Waals surface area contributed by atoms with Crippen molar-refractivity contribution in [2.75, 3.05) is 6.61 Å². The van der Waals surface area contributed by atoms with Gasteiger partial charge in [-0.25, -0.2) is 9.78 Å². The van der Waals surface area contributed by atoms with Crippen LogP contribution in [-0.2, 0) is 9.53 Å². The largest absolute Gasteiger partial charge is 0.476 e. The molecule has 0 atom stereocenters. The molecule has 5 heteroatoms. The molecule has 1 aromatic heterocycles. The highest BCUT2D eigenvalue weighted by Gasteiger charge is 2.10. The molecule has 0 unspecified atom stereocenters. The number of ether oxygens (including phenoxy) is 1. The molecule has 0 saturated carbocycles. The Hall–Kier alpha value is -2.35. The van der Waals surface area contributed by atoms with Crippen molar-refractivity contribution in [3.05, 3.63) is 29.1 Å². The van der Waals surface area contributed by atoms with Crippen molar-refractivity contribution >= 4 is 11.9 Å². The Labute approximate surface area is 105 Å². The number of rotatable bonds is 3. The summed E-state index contributed by atoms with van der Waals surface area (Å²) < 4.78 is 4.71. The minimum atomic E-state index is -1.14. The van der Waals surface area contributed by atoms with E-state index >= 15 is 0 Å². The molecule has 0 saturated heterocycles. The van der Waals surface area contributed by atoms with E-state index in [0.29, 0.717) is 12.2 Å². The maximum atomic E-state index is 11.1. The average molecular weight is 247 g/mol. The van der Waals surface area contributed by atoms with Gasteiger partial charge in [0.2, 0.25) is 0 Å². The maximum Gasteiger partial charge on any atom is 0.355 e. The third-order valence-corrected chi connectivity index (χ3v) is 1.99. The fraction of sp³-hybridized carbons (Fsp3) is 0.308. The molecule has 0 fully saturated rings. The Morgan fingerprint density at radius 1 is 1.50 bits per heavy atom. The van der Waals surface area contributed by atoms with Crippen molar-refractivity contribution in [1.82, 2.24) is 4.98 Å². The Balaban J connectivity index is 2.90.